The van der Waals surface area contributed by atoms with Gasteiger partial charge in [-0.2, -0.15) is 0 Å². The summed E-state index contributed by atoms with van der Waals surface area (Å²) in [6, 6.07) is 13.6. The lowest BCUT2D eigenvalue weighted by molar-refractivity contribution is 0.445. The summed E-state index contributed by atoms with van der Waals surface area (Å²) in [5.74, 6) is 0.797. The van der Waals surface area contributed by atoms with Gasteiger partial charge in [0.25, 0.3) is 0 Å². The fourth-order valence-corrected chi connectivity index (χ4v) is 3.53. The van der Waals surface area contributed by atoms with Crippen LogP contribution in [0.15, 0.2) is 36.4 Å². The Morgan fingerprint density at radius 2 is 1.76 bits per heavy atom. The maximum absolute atomic E-state index is 2.42. The van der Waals surface area contributed by atoms with Crippen LogP contribution in [-0.2, 0) is 0 Å². The highest BCUT2D eigenvalue weighted by Gasteiger charge is 2.17. The first-order valence-electron chi connectivity index (χ1n) is 6.53. The maximum Gasteiger partial charge on any atom is 0.0136 e. The summed E-state index contributed by atoms with van der Waals surface area (Å²) >= 11 is 2.42. The zero-order valence-electron chi connectivity index (χ0n) is 9.95. The van der Waals surface area contributed by atoms with Gasteiger partial charge >= 0.3 is 0 Å². The van der Waals surface area contributed by atoms with Crippen LogP contribution in [0.4, 0.5) is 0 Å². The van der Waals surface area contributed by atoms with Gasteiger partial charge in [-0.25, -0.2) is 0 Å². The van der Waals surface area contributed by atoms with Crippen molar-refractivity contribution >= 4 is 33.4 Å². The average molecular weight is 336 g/mol. The summed E-state index contributed by atoms with van der Waals surface area (Å²) in [5, 5.41) is 2.87. The van der Waals surface area contributed by atoms with E-state index in [1.807, 2.05) is 0 Å². The third kappa shape index (κ3) is 2.35. The first kappa shape index (κ1) is 11.5. The molecule has 2 aromatic carbocycles. The van der Waals surface area contributed by atoms with E-state index in [0.29, 0.717) is 0 Å². The second-order valence-corrected chi connectivity index (χ2v) is 6.29. The van der Waals surface area contributed by atoms with Gasteiger partial charge in [0.05, 0.1) is 0 Å². The molecule has 0 spiro atoms. The van der Waals surface area contributed by atoms with E-state index in [4.69, 9.17) is 0 Å². The SMILES string of the molecule is Ic1ccc2cccc(C3CCCCC3)c2c1. The normalized spacial score (nSPS) is 17.5. The van der Waals surface area contributed by atoms with Crippen molar-refractivity contribution in [1.29, 1.82) is 0 Å². The molecule has 0 nitrogen and oxygen atoms in total. The van der Waals surface area contributed by atoms with E-state index in [0.717, 1.165) is 5.92 Å². The minimum atomic E-state index is 0.797. The molecule has 3 rings (SSSR count). The van der Waals surface area contributed by atoms with Crippen LogP contribution in [0, 0.1) is 3.57 Å². The van der Waals surface area contributed by atoms with E-state index in [2.05, 4.69) is 59.0 Å². The molecule has 0 saturated heterocycles. The number of benzene rings is 2. The standard InChI is InChI=1S/C16H17I/c17-14-10-9-13-7-4-8-15(16(13)11-14)12-5-2-1-3-6-12/h4,7-12H,1-3,5-6H2. The molecule has 0 bridgehead atoms. The molecule has 0 radical (unpaired) electrons. The molecule has 1 heteroatoms. The number of hydrogen-bond acceptors (Lipinski definition) is 0. The molecule has 0 heterocycles. The lowest BCUT2D eigenvalue weighted by Crippen LogP contribution is -2.04. The van der Waals surface area contributed by atoms with Crippen molar-refractivity contribution in [2.45, 2.75) is 38.0 Å². The Kier molecular flexibility index (Phi) is 3.37. The fraction of sp³-hybridized carbons (Fsp3) is 0.375. The predicted octanol–water partition coefficient (Wildman–Crippen LogP) is 5.49. The zero-order chi connectivity index (χ0) is 11.7. The summed E-state index contributed by atoms with van der Waals surface area (Å²) in [6.07, 6.45) is 7.00. The fourth-order valence-electron chi connectivity index (χ4n) is 3.04. The monoisotopic (exact) mass is 336 g/mol. The van der Waals surface area contributed by atoms with Crippen molar-refractivity contribution in [3.8, 4) is 0 Å². The van der Waals surface area contributed by atoms with Crippen molar-refractivity contribution in [2.24, 2.45) is 0 Å². The summed E-state index contributed by atoms with van der Waals surface area (Å²) in [5.41, 5.74) is 1.58. The number of halogens is 1. The number of hydrogen-bond donors (Lipinski definition) is 0. The van der Waals surface area contributed by atoms with Crippen LogP contribution in [0.5, 0.6) is 0 Å². The highest BCUT2D eigenvalue weighted by atomic mass is 127. The van der Waals surface area contributed by atoms with Gasteiger partial charge in [0.15, 0.2) is 0 Å². The Morgan fingerprint density at radius 3 is 2.59 bits per heavy atom. The molecule has 0 N–H and O–H groups in total. The molecule has 1 aliphatic carbocycles. The molecule has 0 aliphatic heterocycles. The van der Waals surface area contributed by atoms with Gasteiger partial charge in [0.2, 0.25) is 0 Å². The Bertz CT molecular complexity index is 524. The number of rotatable bonds is 1. The first-order chi connectivity index (χ1) is 8.34. The van der Waals surface area contributed by atoms with Crippen molar-refractivity contribution in [3.05, 3.63) is 45.5 Å². The second kappa shape index (κ2) is 4.97. The summed E-state index contributed by atoms with van der Waals surface area (Å²) < 4.78 is 1.35. The van der Waals surface area contributed by atoms with Crippen LogP contribution in [-0.4, -0.2) is 0 Å². The molecule has 2 aromatic rings. The van der Waals surface area contributed by atoms with Crippen molar-refractivity contribution in [2.75, 3.05) is 0 Å². The molecular formula is C16H17I. The molecule has 0 unspecified atom stereocenters. The summed E-state index contributed by atoms with van der Waals surface area (Å²) in [6.45, 7) is 0. The topological polar surface area (TPSA) is 0 Å². The van der Waals surface area contributed by atoms with Gasteiger partial charge < -0.3 is 0 Å². The molecule has 88 valence electrons. The Balaban J connectivity index is 2.11. The highest BCUT2D eigenvalue weighted by Crippen LogP contribution is 2.36. The lowest BCUT2D eigenvalue weighted by Gasteiger charge is -2.23. The first-order valence-corrected chi connectivity index (χ1v) is 7.60. The minimum absolute atomic E-state index is 0.797. The zero-order valence-corrected chi connectivity index (χ0v) is 12.1. The van der Waals surface area contributed by atoms with Gasteiger partial charge in [-0.05, 0) is 69.8 Å². The van der Waals surface area contributed by atoms with Crippen LogP contribution >= 0.6 is 22.6 Å². The molecule has 1 fully saturated rings. The van der Waals surface area contributed by atoms with E-state index >= 15 is 0 Å². The number of fused-ring (bicyclic) bond motifs is 1. The van der Waals surface area contributed by atoms with E-state index in [1.165, 1.54) is 46.4 Å². The Hall–Kier alpha value is -0.570. The van der Waals surface area contributed by atoms with Crippen molar-refractivity contribution in [1.82, 2.24) is 0 Å². The summed E-state index contributed by atoms with van der Waals surface area (Å²) in [4.78, 5) is 0. The third-order valence-electron chi connectivity index (χ3n) is 3.92. The molecule has 1 saturated carbocycles. The molecule has 17 heavy (non-hydrogen) atoms. The third-order valence-corrected chi connectivity index (χ3v) is 4.59. The Morgan fingerprint density at radius 1 is 0.941 bits per heavy atom. The molecule has 0 amide bonds. The van der Waals surface area contributed by atoms with Crippen LogP contribution in [0.25, 0.3) is 10.8 Å². The van der Waals surface area contributed by atoms with E-state index in [-0.39, 0.29) is 0 Å². The van der Waals surface area contributed by atoms with Gasteiger partial charge in [0.1, 0.15) is 0 Å². The van der Waals surface area contributed by atoms with Gasteiger partial charge in [-0.3, -0.25) is 0 Å². The quantitative estimate of drug-likeness (QED) is 0.604. The second-order valence-electron chi connectivity index (χ2n) is 5.05. The molecule has 0 atom stereocenters. The van der Waals surface area contributed by atoms with E-state index < -0.39 is 0 Å². The average Bonchev–Trinajstić information content (AvgIpc) is 2.39. The maximum atomic E-state index is 2.42. The van der Waals surface area contributed by atoms with Gasteiger partial charge in [-0.15, -0.1) is 0 Å². The van der Waals surface area contributed by atoms with Crippen LogP contribution in [0.1, 0.15) is 43.6 Å². The summed E-state index contributed by atoms with van der Waals surface area (Å²) in [7, 11) is 0. The van der Waals surface area contributed by atoms with Gasteiger partial charge in [0, 0.05) is 3.57 Å². The van der Waals surface area contributed by atoms with Crippen molar-refractivity contribution in [3.63, 3.8) is 0 Å². The molecule has 0 aromatic heterocycles. The van der Waals surface area contributed by atoms with Crippen LogP contribution < -0.4 is 0 Å². The minimum Gasteiger partial charge on any atom is -0.0613 e. The van der Waals surface area contributed by atoms with Crippen LogP contribution in [0.2, 0.25) is 0 Å². The largest absolute Gasteiger partial charge is 0.0613 e. The predicted molar refractivity (Wildman–Crippen MR) is 82.5 cm³/mol. The van der Waals surface area contributed by atoms with E-state index in [9.17, 15) is 0 Å². The highest BCUT2D eigenvalue weighted by molar-refractivity contribution is 14.1. The lowest BCUT2D eigenvalue weighted by atomic mass is 9.82. The van der Waals surface area contributed by atoms with Crippen LogP contribution in [0.3, 0.4) is 0 Å². The molecule has 1 aliphatic rings. The Labute approximate surface area is 117 Å². The van der Waals surface area contributed by atoms with E-state index in [1.54, 1.807) is 5.56 Å². The van der Waals surface area contributed by atoms with Crippen molar-refractivity contribution < 1.29 is 0 Å². The smallest absolute Gasteiger partial charge is 0.0136 e. The van der Waals surface area contributed by atoms with Gasteiger partial charge in [-0.1, -0.05) is 43.5 Å². The molecular weight excluding hydrogens is 319 g/mol.